The van der Waals surface area contributed by atoms with Crippen LogP contribution in [0.2, 0.25) is 5.02 Å². The van der Waals surface area contributed by atoms with Crippen molar-refractivity contribution in [3.05, 3.63) is 82.3 Å². The fourth-order valence-electron chi connectivity index (χ4n) is 3.79. The van der Waals surface area contributed by atoms with Crippen molar-refractivity contribution in [3.63, 3.8) is 0 Å². The molecule has 34 heavy (non-hydrogen) atoms. The van der Waals surface area contributed by atoms with Crippen molar-refractivity contribution in [1.82, 2.24) is 29.8 Å². The Morgan fingerprint density at radius 2 is 2.09 bits per heavy atom. The van der Waals surface area contributed by atoms with E-state index in [0.717, 1.165) is 22.5 Å². The van der Waals surface area contributed by atoms with Crippen LogP contribution < -0.4 is 11.1 Å². The number of benzene rings is 2. The van der Waals surface area contributed by atoms with Crippen molar-refractivity contribution in [2.24, 2.45) is 0 Å². The highest BCUT2D eigenvalue weighted by Crippen LogP contribution is 2.26. The highest BCUT2D eigenvalue weighted by molar-refractivity contribution is 6.31. The number of nitrogens with zero attached hydrogens (tertiary/aromatic N) is 5. The van der Waals surface area contributed by atoms with Gasteiger partial charge in [-0.3, -0.25) is 4.79 Å². The van der Waals surface area contributed by atoms with Crippen molar-refractivity contribution >= 4 is 45.4 Å². The number of aromatic nitrogens is 5. The molecule has 4 N–H and O–H groups in total. The first-order chi connectivity index (χ1) is 16.4. The highest BCUT2D eigenvalue weighted by Gasteiger charge is 2.15. The van der Waals surface area contributed by atoms with Crippen molar-refractivity contribution in [1.29, 1.82) is 5.26 Å². The van der Waals surface area contributed by atoms with Gasteiger partial charge in [0.1, 0.15) is 17.7 Å². The number of amides is 1. The molecule has 0 unspecified atom stereocenters. The van der Waals surface area contributed by atoms with Gasteiger partial charge in [0.2, 0.25) is 0 Å². The lowest BCUT2D eigenvalue weighted by Gasteiger charge is -2.07. The van der Waals surface area contributed by atoms with Gasteiger partial charge in [0.05, 0.1) is 42.1 Å². The Morgan fingerprint density at radius 1 is 1.24 bits per heavy atom. The SMILES string of the molecule is N#Cc1ccc(C(=O)NCc2cc3cc(Cl)cc(Cn4cnc5c(N)ncnc54)c3[nH]2)c(F)c1. The lowest BCUT2D eigenvalue weighted by molar-refractivity contribution is 0.0946. The summed E-state index contributed by atoms with van der Waals surface area (Å²) in [5.41, 5.74) is 9.44. The Kier molecular flexibility index (Phi) is 5.31. The number of halogens is 2. The van der Waals surface area contributed by atoms with Crippen LogP contribution in [0.15, 0.2) is 49.1 Å². The molecule has 0 atom stereocenters. The third kappa shape index (κ3) is 3.89. The van der Waals surface area contributed by atoms with Crippen molar-refractivity contribution in [3.8, 4) is 6.07 Å². The van der Waals surface area contributed by atoms with Crippen molar-refractivity contribution in [2.75, 3.05) is 5.73 Å². The first kappa shape index (κ1) is 21.4. The standard InChI is InChI=1S/C23H16ClFN8O/c24-15-4-13-6-16(8-28-23(34)17-2-1-12(7-26)3-18(17)25)32-19(13)14(5-15)9-33-11-31-20-21(27)29-10-30-22(20)33/h1-6,10-11,32H,8-9H2,(H,28,34)(H2,27,29,30). The molecule has 11 heteroatoms. The summed E-state index contributed by atoms with van der Waals surface area (Å²) >= 11 is 6.35. The van der Waals surface area contributed by atoms with E-state index in [1.54, 1.807) is 6.33 Å². The van der Waals surface area contributed by atoms with Gasteiger partial charge in [0, 0.05) is 16.1 Å². The maximum absolute atomic E-state index is 14.1. The Bertz CT molecular complexity index is 1620. The summed E-state index contributed by atoms with van der Waals surface area (Å²) in [5, 5.41) is 13.0. The maximum atomic E-state index is 14.1. The first-order valence-electron chi connectivity index (χ1n) is 10.1. The second-order valence-electron chi connectivity index (χ2n) is 7.62. The summed E-state index contributed by atoms with van der Waals surface area (Å²) < 4.78 is 16.0. The molecule has 0 spiro atoms. The molecule has 0 saturated heterocycles. The summed E-state index contributed by atoms with van der Waals surface area (Å²) in [4.78, 5) is 28.3. The molecule has 0 saturated carbocycles. The lowest BCUT2D eigenvalue weighted by atomic mass is 10.1. The molecule has 3 aromatic heterocycles. The number of carbonyl (C=O) groups is 1. The van der Waals surface area contributed by atoms with Crippen LogP contribution in [0.25, 0.3) is 22.1 Å². The van der Waals surface area contributed by atoms with E-state index in [4.69, 9.17) is 22.6 Å². The predicted octanol–water partition coefficient (Wildman–Crippen LogP) is 3.53. The van der Waals surface area contributed by atoms with E-state index < -0.39 is 11.7 Å². The molecular weight excluding hydrogens is 459 g/mol. The Labute approximate surface area is 197 Å². The minimum absolute atomic E-state index is 0.132. The van der Waals surface area contributed by atoms with Crippen LogP contribution in [-0.2, 0) is 13.1 Å². The van der Waals surface area contributed by atoms with Gasteiger partial charge in [-0.1, -0.05) is 11.6 Å². The average Bonchev–Trinajstić information content (AvgIpc) is 3.42. The van der Waals surface area contributed by atoms with Gasteiger partial charge in [-0.2, -0.15) is 5.26 Å². The maximum Gasteiger partial charge on any atom is 0.254 e. The minimum atomic E-state index is -0.751. The predicted molar refractivity (Wildman–Crippen MR) is 124 cm³/mol. The second kappa shape index (κ2) is 8.46. The smallest absolute Gasteiger partial charge is 0.254 e. The van der Waals surface area contributed by atoms with E-state index in [-0.39, 0.29) is 17.7 Å². The van der Waals surface area contributed by atoms with Crippen LogP contribution >= 0.6 is 11.6 Å². The molecule has 2 aromatic carbocycles. The van der Waals surface area contributed by atoms with Crippen LogP contribution in [0.3, 0.4) is 0 Å². The molecule has 1 amide bonds. The third-order valence-electron chi connectivity index (χ3n) is 5.38. The first-order valence-corrected chi connectivity index (χ1v) is 10.5. The van der Waals surface area contributed by atoms with E-state index in [9.17, 15) is 9.18 Å². The Hall–Kier alpha value is -4.49. The van der Waals surface area contributed by atoms with E-state index in [2.05, 4.69) is 25.3 Å². The van der Waals surface area contributed by atoms with Crippen molar-refractivity contribution < 1.29 is 9.18 Å². The van der Waals surface area contributed by atoms with Gasteiger partial charge in [-0.05, 0) is 42.0 Å². The summed E-state index contributed by atoms with van der Waals surface area (Å²) in [7, 11) is 0. The number of rotatable bonds is 5. The fourth-order valence-corrected chi connectivity index (χ4v) is 4.04. The third-order valence-corrected chi connectivity index (χ3v) is 5.60. The number of hydrogen-bond acceptors (Lipinski definition) is 6. The molecule has 168 valence electrons. The number of aromatic amines is 1. The molecule has 0 bridgehead atoms. The van der Waals surface area contributed by atoms with Crippen LogP contribution in [0.1, 0.15) is 27.2 Å². The van der Waals surface area contributed by atoms with Crippen LogP contribution in [0.5, 0.6) is 0 Å². The van der Waals surface area contributed by atoms with Gasteiger partial charge < -0.3 is 20.6 Å². The molecule has 0 aliphatic rings. The zero-order valence-electron chi connectivity index (χ0n) is 17.5. The lowest BCUT2D eigenvalue weighted by Crippen LogP contribution is -2.24. The summed E-state index contributed by atoms with van der Waals surface area (Å²) in [6.07, 6.45) is 3.02. The molecule has 0 fully saturated rings. The van der Waals surface area contributed by atoms with Gasteiger partial charge in [0.25, 0.3) is 5.91 Å². The number of nitriles is 1. The zero-order chi connectivity index (χ0) is 23.8. The quantitative estimate of drug-likeness (QED) is 0.356. The number of nitrogens with two attached hydrogens (primary N) is 1. The number of imidazole rings is 1. The molecule has 5 rings (SSSR count). The number of nitrogens with one attached hydrogen (secondary N) is 2. The molecule has 0 aliphatic heterocycles. The van der Waals surface area contributed by atoms with Crippen LogP contribution in [0, 0.1) is 17.1 Å². The summed E-state index contributed by atoms with van der Waals surface area (Å²) in [6, 6.07) is 11.1. The average molecular weight is 475 g/mol. The normalized spacial score (nSPS) is 11.1. The summed E-state index contributed by atoms with van der Waals surface area (Å²) in [5.74, 6) is -1.03. The molecule has 0 radical (unpaired) electrons. The largest absolute Gasteiger partial charge is 0.382 e. The number of anilines is 1. The molecule has 5 aromatic rings. The zero-order valence-corrected chi connectivity index (χ0v) is 18.3. The molecular formula is C23H16ClFN8O. The molecule has 0 aliphatic carbocycles. The molecule has 3 heterocycles. The topological polar surface area (TPSA) is 138 Å². The Morgan fingerprint density at radius 3 is 2.88 bits per heavy atom. The number of nitrogen functional groups attached to an aromatic ring is 1. The van der Waals surface area contributed by atoms with E-state index >= 15 is 0 Å². The van der Waals surface area contributed by atoms with Gasteiger partial charge in [0.15, 0.2) is 11.5 Å². The molecule has 9 nitrogen and oxygen atoms in total. The number of H-pyrrole nitrogens is 1. The number of fused-ring (bicyclic) bond motifs is 2. The monoisotopic (exact) mass is 474 g/mol. The van der Waals surface area contributed by atoms with E-state index in [1.165, 1.54) is 18.5 Å². The van der Waals surface area contributed by atoms with Gasteiger partial charge in [-0.25, -0.2) is 19.3 Å². The van der Waals surface area contributed by atoms with Gasteiger partial charge in [-0.15, -0.1) is 0 Å². The Balaban J connectivity index is 1.40. The number of carbonyl (C=O) groups excluding carboxylic acids is 1. The highest BCUT2D eigenvalue weighted by atomic mass is 35.5. The van der Waals surface area contributed by atoms with Crippen LogP contribution in [0.4, 0.5) is 10.2 Å². The van der Waals surface area contributed by atoms with E-state index in [0.29, 0.717) is 34.2 Å². The van der Waals surface area contributed by atoms with Gasteiger partial charge >= 0.3 is 0 Å². The summed E-state index contributed by atoms with van der Waals surface area (Å²) in [6.45, 7) is 0.564. The second-order valence-corrected chi connectivity index (χ2v) is 8.05. The fraction of sp³-hybridized carbons (Fsp3) is 0.0870. The van der Waals surface area contributed by atoms with Crippen molar-refractivity contribution in [2.45, 2.75) is 13.1 Å². The minimum Gasteiger partial charge on any atom is -0.382 e. The number of hydrogen-bond donors (Lipinski definition) is 3. The van der Waals surface area contributed by atoms with Crippen LogP contribution in [-0.4, -0.2) is 30.4 Å². The van der Waals surface area contributed by atoms with E-state index in [1.807, 2.05) is 28.8 Å².